The first-order valence-electron chi connectivity index (χ1n) is 10.1. The fourth-order valence-electron chi connectivity index (χ4n) is 3.53. The number of hydrogen-bond acceptors (Lipinski definition) is 2. The van der Waals surface area contributed by atoms with E-state index in [1.807, 2.05) is 0 Å². The van der Waals surface area contributed by atoms with E-state index in [9.17, 15) is 0 Å². The van der Waals surface area contributed by atoms with Gasteiger partial charge in [-0.1, -0.05) is 82.7 Å². The van der Waals surface area contributed by atoms with E-state index < -0.39 is 0 Å². The van der Waals surface area contributed by atoms with Crippen LogP contribution < -0.4 is 0 Å². The Morgan fingerprint density at radius 3 is 2.17 bits per heavy atom. The van der Waals surface area contributed by atoms with E-state index in [0.717, 1.165) is 6.54 Å². The Morgan fingerprint density at radius 1 is 0.750 bits per heavy atom. The summed E-state index contributed by atoms with van der Waals surface area (Å²) in [6.45, 7) is 6.82. The molecular weight excluding hydrogens is 292 g/mol. The van der Waals surface area contributed by atoms with Crippen LogP contribution in [0.25, 0.3) is 0 Å². The average Bonchev–Trinajstić information content (AvgIpc) is 2.98. The third-order valence-electron chi connectivity index (χ3n) is 5.01. The summed E-state index contributed by atoms with van der Waals surface area (Å²) in [6, 6.07) is 10.9. The largest absolute Gasteiger partial charge is 0.356 e. The molecule has 24 heavy (non-hydrogen) atoms. The quantitative estimate of drug-likeness (QED) is 0.424. The Labute approximate surface area is 149 Å². The lowest BCUT2D eigenvalue weighted by Gasteiger charge is -2.33. The van der Waals surface area contributed by atoms with Gasteiger partial charge in [-0.25, -0.2) is 0 Å². The summed E-state index contributed by atoms with van der Waals surface area (Å²) in [5, 5.41) is 0. The van der Waals surface area contributed by atoms with Crippen LogP contribution in [0.15, 0.2) is 42.7 Å². The minimum absolute atomic E-state index is 0.556. The van der Waals surface area contributed by atoms with Crippen molar-refractivity contribution in [2.45, 2.75) is 84.3 Å². The zero-order valence-electron chi connectivity index (χ0n) is 15.8. The fraction of sp³-hybridized carbons (Fsp3) is 0.636. The highest BCUT2D eigenvalue weighted by Crippen LogP contribution is 2.24. The van der Waals surface area contributed by atoms with Gasteiger partial charge >= 0.3 is 0 Å². The van der Waals surface area contributed by atoms with Crippen LogP contribution in [0.4, 0.5) is 0 Å². The molecule has 0 fully saturated rings. The van der Waals surface area contributed by atoms with Crippen LogP contribution in [0.5, 0.6) is 0 Å². The maximum Gasteiger partial charge on any atom is 0.101 e. The van der Waals surface area contributed by atoms with Gasteiger partial charge in [0.15, 0.2) is 0 Å². The van der Waals surface area contributed by atoms with E-state index in [1.54, 1.807) is 0 Å². The number of hydrogen-bond donors (Lipinski definition) is 0. The smallest absolute Gasteiger partial charge is 0.101 e. The molecule has 0 bridgehead atoms. The van der Waals surface area contributed by atoms with Crippen molar-refractivity contribution in [1.82, 2.24) is 9.80 Å². The molecule has 134 valence electrons. The molecule has 1 aromatic carbocycles. The predicted molar refractivity (Wildman–Crippen MR) is 105 cm³/mol. The second kappa shape index (κ2) is 11.2. The van der Waals surface area contributed by atoms with Crippen molar-refractivity contribution in [3.8, 4) is 0 Å². The molecule has 0 N–H and O–H groups in total. The zero-order valence-corrected chi connectivity index (χ0v) is 15.8. The monoisotopic (exact) mass is 328 g/mol. The topological polar surface area (TPSA) is 6.48 Å². The van der Waals surface area contributed by atoms with Crippen LogP contribution in [0.2, 0.25) is 0 Å². The van der Waals surface area contributed by atoms with E-state index in [4.69, 9.17) is 0 Å². The second-order valence-corrected chi connectivity index (χ2v) is 7.08. The van der Waals surface area contributed by atoms with Crippen molar-refractivity contribution < 1.29 is 0 Å². The lowest BCUT2D eigenvalue weighted by molar-refractivity contribution is 0.133. The molecule has 1 unspecified atom stereocenters. The lowest BCUT2D eigenvalue weighted by atomic mass is 10.1. The second-order valence-electron chi connectivity index (χ2n) is 7.08. The third-order valence-corrected chi connectivity index (χ3v) is 5.01. The minimum Gasteiger partial charge on any atom is -0.356 e. The number of unbranched alkanes of at least 4 members (excludes halogenated alkanes) is 6. The van der Waals surface area contributed by atoms with Gasteiger partial charge < -0.3 is 9.80 Å². The maximum absolute atomic E-state index is 2.58. The highest BCUT2D eigenvalue weighted by molar-refractivity contribution is 5.15. The third kappa shape index (κ3) is 6.22. The highest BCUT2D eigenvalue weighted by atomic mass is 15.4. The van der Waals surface area contributed by atoms with E-state index in [1.165, 1.54) is 69.9 Å². The van der Waals surface area contributed by atoms with Crippen molar-refractivity contribution >= 4 is 0 Å². The number of nitrogens with zero attached hydrogens (tertiary/aromatic N) is 2. The molecule has 0 aliphatic carbocycles. The molecule has 1 aliphatic rings. The fourth-order valence-corrected chi connectivity index (χ4v) is 3.53. The molecule has 1 aromatic rings. The van der Waals surface area contributed by atoms with Crippen LogP contribution in [0.1, 0.15) is 77.2 Å². The SMILES string of the molecule is CCCCCCCCN1C=CN(Cc2ccccc2)C1CCCC. The van der Waals surface area contributed by atoms with Crippen LogP contribution in [-0.4, -0.2) is 22.5 Å². The normalized spacial score (nSPS) is 17.0. The predicted octanol–water partition coefficient (Wildman–Crippen LogP) is 6.15. The van der Waals surface area contributed by atoms with Gasteiger partial charge in [0.2, 0.25) is 0 Å². The van der Waals surface area contributed by atoms with Crippen molar-refractivity contribution in [1.29, 1.82) is 0 Å². The van der Waals surface area contributed by atoms with Gasteiger partial charge in [-0.3, -0.25) is 0 Å². The first kappa shape index (κ1) is 18.9. The Balaban J connectivity index is 1.81. The lowest BCUT2D eigenvalue weighted by Crippen LogP contribution is -2.38. The first-order valence-corrected chi connectivity index (χ1v) is 10.1. The van der Waals surface area contributed by atoms with E-state index in [-0.39, 0.29) is 0 Å². The Morgan fingerprint density at radius 2 is 1.42 bits per heavy atom. The zero-order chi connectivity index (χ0) is 17.0. The molecule has 1 heterocycles. The first-order chi connectivity index (χ1) is 11.8. The van der Waals surface area contributed by atoms with Gasteiger partial charge in [-0.05, 0) is 24.8 Å². The van der Waals surface area contributed by atoms with Gasteiger partial charge in [-0.15, -0.1) is 0 Å². The summed E-state index contributed by atoms with van der Waals surface area (Å²) in [5.74, 6) is 0. The molecule has 2 heteroatoms. The standard InChI is InChI=1S/C22H36N2/c1-3-5-7-8-9-13-17-23-18-19-24(22(23)16-6-4-2)20-21-14-11-10-12-15-21/h10-12,14-15,18-19,22H,3-9,13,16-17,20H2,1-2H3. The van der Waals surface area contributed by atoms with Gasteiger partial charge in [0.25, 0.3) is 0 Å². The van der Waals surface area contributed by atoms with Crippen LogP contribution in [0, 0.1) is 0 Å². The molecule has 0 spiro atoms. The molecule has 2 nitrogen and oxygen atoms in total. The summed E-state index contributed by atoms with van der Waals surface area (Å²) in [5.41, 5.74) is 1.41. The van der Waals surface area contributed by atoms with Crippen LogP contribution >= 0.6 is 0 Å². The Bertz CT molecular complexity index is 454. The molecule has 2 rings (SSSR count). The molecule has 0 amide bonds. The summed E-state index contributed by atoms with van der Waals surface area (Å²) in [6.07, 6.45) is 17.3. The Hall–Kier alpha value is -1.44. The van der Waals surface area contributed by atoms with E-state index in [2.05, 4.69) is 66.4 Å². The van der Waals surface area contributed by atoms with Gasteiger partial charge in [-0.2, -0.15) is 0 Å². The summed E-state index contributed by atoms with van der Waals surface area (Å²) < 4.78 is 0. The molecule has 0 radical (unpaired) electrons. The number of benzene rings is 1. The van der Waals surface area contributed by atoms with E-state index in [0.29, 0.717) is 6.17 Å². The number of rotatable bonds is 12. The van der Waals surface area contributed by atoms with Gasteiger partial charge in [0.05, 0.1) is 0 Å². The van der Waals surface area contributed by atoms with Crippen molar-refractivity contribution in [3.63, 3.8) is 0 Å². The summed E-state index contributed by atoms with van der Waals surface area (Å²) in [4.78, 5) is 5.11. The maximum atomic E-state index is 2.58. The van der Waals surface area contributed by atoms with Crippen molar-refractivity contribution in [2.24, 2.45) is 0 Å². The molecular formula is C22H36N2. The molecule has 1 aliphatic heterocycles. The van der Waals surface area contributed by atoms with E-state index >= 15 is 0 Å². The molecule has 0 saturated heterocycles. The van der Waals surface area contributed by atoms with Crippen LogP contribution in [-0.2, 0) is 6.54 Å². The molecule has 0 aromatic heterocycles. The molecule has 1 atom stereocenters. The highest BCUT2D eigenvalue weighted by Gasteiger charge is 2.25. The van der Waals surface area contributed by atoms with Gasteiger partial charge in [0, 0.05) is 25.5 Å². The molecule has 0 saturated carbocycles. The minimum atomic E-state index is 0.556. The van der Waals surface area contributed by atoms with Crippen LogP contribution in [0.3, 0.4) is 0 Å². The van der Waals surface area contributed by atoms with Crippen molar-refractivity contribution in [3.05, 3.63) is 48.3 Å². The van der Waals surface area contributed by atoms with Crippen molar-refractivity contribution in [2.75, 3.05) is 6.54 Å². The Kier molecular flexibility index (Phi) is 8.80. The average molecular weight is 329 g/mol. The summed E-state index contributed by atoms with van der Waals surface area (Å²) in [7, 11) is 0. The summed E-state index contributed by atoms with van der Waals surface area (Å²) >= 11 is 0. The van der Waals surface area contributed by atoms with Gasteiger partial charge in [0.1, 0.15) is 6.17 Å².